The lowest BCUT2D eigenvalue weighted by atomic mass is 10.1. The van der Waals surface area contributed by atoms with Gasteiger partial charge in [0.1, 0.15) is 5.52 Å². The third-order valence-corrected chi connectivity index (χ3v) is 3.94. The number of hydrogen-bond acceptors (Lipinski definition) is 5. The van der Waals surface area contributed by atoms with Gasteiger partial charge in [-0.1, -0.05) is 25.6 Å². The Morgan fingerprint density at radius 1 is 1.45 bits per heavy atom. The lowest BCUT2D eigenvalue weighted by molar-refractivity contribution is -0.119. The third kappa shape index (κ3) is 3.66. The van der Waals surface area contributed by atoms with Crippen molar-refractivity contribution >= 4 is 34.5 Å². The first-order chi connectivity index (χ1) is 9.45. The number of oxazole rings is 1. The van der Waals surface area contributed by atoms with E-state index in [1.807, 2.05) is 6.92 Å². The second kappa shape index (κ2) is 6.17. The van der Waals surface area contributed by atoms with E-state index in [4.69, 9.17) is 10.2 Å². The minimum absolute atomic E-state index is 0.0158. The Hall–Kier alpha value is -1.69. The molecule has 3 N–H and O–H groups in total. The van der Waals surface area contributed by atoms with Crippen LogP contribution in [0.2, 0.25) is 0 Å². The fourth-order valence-corrected chi connectivity index (χ4v) is 2.22. The summed E-state index contributed by atoms with van der Waals surface area (Å²) < 4.78 is 5.54. The molecule has 1 unspecified atom stereocenters. The molecule has 0 radical (unpaired) electrons. The largest absolute Gasteiger partial charge is 0.431 e. The Labute approximate surface area is 122 Å². The molecule has 1 heterocycles. The van der Waals surface area contributed by atoms with Gasteiger partial charge >= 0.3 is 0 Å². The number of thioether (sulfide) groups is 1. The number of carbonyl (C=O) groups excluding carboxylic acids is 1. The van der Waals surface area contributed by atoms with E-state index in [-0.39, 0.29) is 11.9 Å². The number of nitrogens with zero attached hydrogens (tertiary/aromatic N) is 1. The fraction of sp³-hybridized carbons (Fsp3) is 0.429. The van der Waals surface area contributed by atoms with E-state index in [0.29, 0.717) is 33.7 Å². The third-order valence-electron chi connectivity index (χ3n) is 3.11. The van der Waals surface area contributed by atoms with Crippen molar-refractivity contribution in [1.82, 2.24) is 10.3 Å². The summed E-state index contributed by atoms with van der Waals surface area (Å²) in [7, 11) is 0. The maximum absolute atomic E-state index is 11.8. The molecule has 20 heavy (non-hydrogen) atoms. The van der Waals surface area contributed by atoms with Crippen LogP contribution in [-0.2, 0) is 4.79 Å². The molecule has 1 aromatic carbocycles. The molecule has 0 fully saturated rings. The van der Waals surface area contributed by atoms with E-state index in [9.17, 15) is 4.79 Å². The Kier molecular flexibility index (Phi) is 4.54. The zero-order valence-electron chi connectivity index (χ0n) is 11.8. The molecular weight excluding hydrogens is 274 g/mol. The maximum Gasteiger partial charge on any atom is 0.257 e. The van der Waals surface area contributed by atoms with Crippen LogP contribution in [0.3, 0.4) is 0 Å². The first-order valence-electron chi connectivity index (χ1n) is 6.54. The van der Waals surface area contributed by atoms with Crippen molar-refractivity contribution in [2.45, 2.75) is 32.0 Å². The predicted octanol–water partition coefficient (Wildman–Crippen LogP) is 2.66. The zero-order chi connectivity index (χ0) is 14.7. The van der Waals surface area contributed by atoms with Gasteiger partial charge in [-0.15, -0.1) is 0 Å². The zero-order valence-corrected chi connectivity index (χ0v) is 12.7. The van der Waals surface area contributed by atoms with Crippen LogP contribution in [0.4, 0.5) is 5.69 Å². The Bertz CT molecular complexity index is 609. The van der Waals surface area contributed by atoms with Gasteiger partial charge in [-0.25, -0.2) is 4.98 Å². The van der Waals surface area contributed by atoms with Gasteiger partial charge in [0.2, 0.25) is 5.91 Å². The minimum atomic E-state index is -0.0158. The molecule has 0 aliphatic carbocycles. The number of hydrogen-bond donors (Lipinski definition) is 2. The van der Waals surface area contributed by atoms with Crippen LogP contribution in [0.25, 0.3) is 11.1 Å². The van der Waals surface area contributed by atoms with Gasteiger partial charge in [0.05, 0.1) is 5.75 Å². The van der Waals surface area contributed by atoms with E-state index in [2.05, 4.69) is 24.1 Å². The van der Waals surface area contributed by atoms with Crippen molar-refractivity contribution in [3.8, 4) is 0 Å². The number of fused-ring (bicyclic) bond motifs is 1. The fourth-order valence-electron chi connectivity index (χ4n) is 1.57. The van der Waals surface area contributed by atoms with Crippen molar-refractivity contribution in [2.24, 2.45) is 5.92 Å². The highest BCUT2D eigenvalue weighted by atomic mass is 32.2. The van der Waals surface area contributed by atoms with Crippen LogP contribution in [0.1, 0.15) is 20.8 Å². The highest BCUT2D eigenvalue weighted by Gasteiger charge is 2.13. The molecule has 6 heteroatoms. The summed E-state index contributed by atoms with van der Waals surface area (Å²) in [5, 5.41) is 3.43. The molecule has 0 saturated heterocycles. The first kappa shape index (κ1) is 14.7. The van der Waals surface area contributed by atoms with Gasteiger partial charge in [-0.05, 0) is 31.0 Å². The molecule has 1 atom stereocenters. The molecule has 5 nitrogen and oxygen atoms in total. The minimum Gasteiger partial charge on any atom is -0.431 e. The normalized spacial score (nSPS) is 12.8. The van der Waals surface area contributed by atoms with Gasteiger partial charge < -0.3 is 15.5 Å². The van der Waals surface area contributed by atoms with E-state index >= 15 is 0 Å². The second-order valence-electron chi connectivity index (χ2n) is 5.10. The number of aromatic nitrogens is 1. The van der Waals surface area contributed by atoms with Gasteiger partial charge in [0.25, 0.3) is 5.22 Å². The average Bonchev–Trinajstić information content (AvgIpc) is 2.78. The first-order valence-corrected chi connectivity index (χ1v) is 7.52. The number of benzene rings is 1. The van der Waals surface area contributed by atoms with Crippen LogP contribution < -0.4 is 11.1 Å². The molecule has 0 spiro atoms. The van der Waals surface area contributed by atoms with E-state index in [1.165, 1.54) is 11.8 Å². The molecule has 1 amide bonds. The van der Waals surface area contributed by atoms with Crippen LogP contribution in [0.5, 0.6) is 0 Å². The molecular formula is C14H19N3O2S. The van der Waals surface area contributed by atoms with Gasteiger partial charge in [-0.2, -0.15) is 0 Å². The summed E-state index contributed by atoms with van der Waals surface area (Å²) in [6.45, 7) is 6.14. The summed E-state index contributed by atoms with van der Waals surface area (Å²) in [4.78, 5) is 16.1. The van der Waals surface area contributed by atoms with Crippen molar-refractivity contribution in [3.05, 3.63) is 18.2 Å². The Morgan fingerprint density at radius 3 is 2.90 bits per heavy atom. The Balaban J connectivity index is 1.94. The standard InChI is InChI=1S/C14H19N3O2S/c1-8(2)9(3)16-13(18)7-20-14-17-11-6-10(15)4-5-12(11)19-14/h4-6,8-9H,7,15H2,1-3H3,(H,16,18). The molecule has 0 aliphatic rings. The SMILES string of the molecule is CC(C)C(C)NC(=O)CSc1nc2cc(N)ccc2o1. The van der Waals surface area contributed by atoms with Crippen LogP contribution in [0, 0.1) is 5.92 Å². The van der Waals surface area contributed by atoms with Crippen molar-refractivity contribution in [3.63, 3.8) is 0 Å². The number of nitrogens with two attached hydrogens (primary N) is 1. The molecule has 0 aliphatic heterocycles. The average molecular weight is 293 g/mol. The van der Waals surface area contributed by atoms with Crippen LogP contribution in [0.15, 0.2) is 27.8 Å². The van der Waals surface area contributed by atoms with Crippen molar-refractivity contribution in [1.29, 1.82) is 0 Å². The van der Waals surface area contributed by atoms with Crippen molar-refractivity contribution in [2.75, 3.05) is 11.5 Å². The number of nitrogen functional groups attached to an aromatic ring is 1. The molecule has 2 rings (SSSR count). The predicted molar refractivity (Wildman–Crippen MR) is 81.6 cm³/mol. The topological polar surface area (TPSA) is 81.2 Å². The summed E-state index contributed by atoms with van der Waals surface area (Å²) >= 11 is 1.28. The van der Waals surface area contributed by atoms with Crippen LogP contribution in [-0.4, -0.2) is 22.7 Å². The molecule has 1 aromatic heterocycles. The second-order valence-corrected chi connectivity index (χ2v) is 6.02. The highest BCUT2D eigenvalue weighted by molar-refractivity contribution is 7.99. The van der Waals surface area contributed by atoms with Gasteiger partial charge in [-0.3, -0.25) is 4.79 Å². The quantitative estimate of drug-likeness (QED) is 0.654. The van der Waals surface area contributed by atoms with Gasteiger partial charge in [0, 0.05) is 11.7 Å². The lowest BCUT2D eigenvalue weighted by Gasteiger charge is -2.16. The molecule has 2 aromatic rings. The number of carbonyl (C=O) groups is 1. The van der Waals surface area contributed by atoms with Crippen LogP contribution >= 0.6 is 11.8 Å². The van der Waals surface area contributed by atoms with Gasteiger partial charge in [0.15, 0.2) is 5.58 Å². The summed E-state index contributed by atoms with van der Waals surface area (Å²) in [5.74, 6) is 0.688. The van der Waals surface area contributed by atoms with E-state index in [0.717, 1.165) is 0 Å². The maximum atomic E-state index is 11.8. The number of nitrogens with one attached hydrogen (secondary N) is 1. The summed E-state index contributed by atoms with van der Waals surface area (Å²) in [6, 6.07) is 5.46. The molecule has 0 saturated carbocycles. The molecule has 0 bridgehead atoms. The molecule has 108 valence electrons. The number of rotatable bonds is 5. The number of anilines is 1. The monoisotopic (exact) mass is 293 g/mol. The van der Waals surface area contributed by atoms with E-state index in [1.54, 1.807) is 18.2 Å². The highest BCUT2D eigenvalue weighted by Crippen LogP contribution is 2.24. The van der Waals surface area contributed by atoms with Crippen molar-refractivity contribution < 1.29 is 9.21 Å². The van der Waals surface area contributed by atoms with E-state index < -0.39 is 0 Å². The summed E-state index contributed by atoms with van der Waals surface area (Å²) in [5.41, 5.74) is 7.72. The smallest absolute Gasteiger partial charge is 0.257 e. The number of amides is 1. The summed E-state index contributed by atoms with van der Waals surface area (Å²) in [6.07, 6.45) is 0. The Morgan fingerprint density at radius 2 is 2.20 bits per heavy atom. The lowest BCUT2D eigenvalue weighted by Crippen LogP contribution is -2.37.